The number of aromatic nitrogens is 1. The Kier molecular flexibility index (Phi) is 14.4. The number of Topliss-reactive ketones (excluding diaryl/α,β-unsaturated/α-hetero) is 1. The number of benzene rings is 4. The van der Waals surface area contributed by atoms with Crippen molar-refractivity contribution in [2.45, 2.75) is 51.9 Å². The number of ketones is 1. The first-order valence-corrected chi connectivity index (χ1v) is 22.1. The number of urea groups is 1. The van der Waals surface area contributed by atoms with Crippen molar-refractivity contribution in [2.24, 2.45) is 0 Å². The van der Waals surface area contributed by atoms with Gasteiger partial charge in [-0.25, -0.2) is 13.2 Å². The van der Waals surface area contributed by atoms with E-state index >= 15 is 0 Å². The predicted molar refractivity (Wildman–Crippen MR) is 239 cm³/mol. The van der Waals surface area contributed by atoms with Crippen LogP contribution in [0.5, 0.6) is 28.7 Å². The van der Waals surface area contributed by atoms with Crippen molar-refractivity contribution < 1.29 is 41.7 Å². The van der Waals surface area contributed by atoms with Crippen LogP contribution in [0.25, 0.3) is 10.8 Å². The maximum absolute atomic E-state index is 13.6. The number of ether oxygens (including phenoxy) is 5. The Hall–Kier alpha value is -5.90. The maximum Gasteiger partial charge on any atom is 0.323 e. The molecule has 1 aromatic heterocycles. The summed E-state index contributed by atoms with van der Waals surface area (Å²) in [6.07, 6.45) is 5.24. The smallest absolute Gasteiger partial charge is 0.323 e. The summed E-state index contributed by atoms with van der Waals surface area (Å²) >= 11 is 0. The summed E-state index contributed by atoms with van der Waals surface area (Å²) < 4.78 is 55.8. The van der Waals surface area contributed by atoms with E-state index in [0.717, 1.165) is 79.5 Å². The van der Waals surface area contributed by atoms with E-state index in [1.54, 1.807) is 50.7 Å². The van der Waals surface area contributed by atoms with Crippen LogP contribution in [0.4, 0.5) is 21.9 Å². The number of sulfonamides is 1. The Labute approximate surface area is 357 Å². The number of pyridine rings is 1. The maximum atomic E-state index is 13.6. The molecule has 4 aromatic carbocycles. The number of nitrogens with zero attached hydrogens (tertiary/aromatic N) is 2. The molecule has 0 saturated carbocycles. The molecule has 324 valence electrons. The van der Waals surface area contributed by atoms with Crippen molar-refractivity contribution in [2.75, 3.05) is 75.8 Å². The number of unbranched alkanes of at least 4 members (excludes halogenated alkanes) is 1. The zero-order valence-corrected chi connectivity index (χ0v) is 36.7. The van der Waals surface area contributed by atoms with Crippen LogP contribution in [-0.2, 0) is 26.6 Å². The molecule has 5 aromatic rings. The Morgan fingerprint density at radius 2 is 1.48 bits per heavy atom. The summed E-state index contributed by atoms with van der Waals surface area (Å²) in [6, 6.07) is 21.3. The van der Waals surface area contributed by atoms with Crippen LogP contribution in [0.1, 0.15) is 67.2 Å². The molecule has 0 radical (unpaired) electrons. The van der Waals surface area contributed by atoms with Gasteiger partial charge in [0.05, 0.1) is 57.9 Å². The number of rotatable bonds is 17. The minimum Gasteiger partial charge on any atom is -0.496 e. The fourth-order valence-corrected chi connectivity index (χ4v) is 7.81. The standard InChI is InChI=1S/C46H55N5O9S/c1-46(2,3)31-27-37(44(58-6)38(28-31)50-61(7,54)55)49-45(53)48-36-15-16-40(35-13-9-8-12-34(35)36)60-33-17-18-47-32(29-33)24-30-25-41(56-4)43(42(26-30)57-5)39(52)14-10-11-19-51-20-22-59-23-21-51/h8-9,12-13,15-18,25-29,50H,10-11,14,19-24H2,1-7H3,(H2,48,49,53). The first kappa shape index (κ1) is 44.6. The molecule has 61 heavy (non-hydrogen) atoms. The van der Waals surface area contributed by atoms with E-state index in [-0.39, 0.29) is 22.6 Å². The Balaban J connectivity index is 1.16. The van der Waals surface area contributed by atoms with Gasteiger partial charge in [0.15, 0.2) is 11.5 Å². The van der Waals surface area contributed by atoms with E-state index in [1.807, 2.05) is 63.2 Å². The molecule has 2 heterocycles. The van der Waals surface area contributed by atoms with Crippen LogP contribution < -0.4 is 34.3 Å². The lowest BCUT2D eigenvalue weighted by Crippen LogP contribution is -2.36. The van der Waals surface area contributed by atoms with Crippen LogP contribution in [0.15, 0.2) is 79.0 Å². The van der Waals surface area contributed by atoms with E-state index in [1.165, 1.54) is 7.11 Å². The molecule has 3 N–H and O–H groups in total. The molecule has 14 nitrogen and oxygen atoms in total. The largest absolute Gasteiger partial charge is 0.496 e. The second-order valence-corrected chi connectivity index (χ2v) is 17.7. The Bertz CT molecular complexity index is 2460. The molecule has 1 aliphatic heterocycles. The van der Waals surface area contributed by atoms with Gasteiger partial charge < -0.3 is 34.3 Å². The average Bonchev–Trinajstić information content (AvgIpc) is 3.22. The third-order valence-electron chi connectivity index (χ3n) is 10.3. The molecule has 0 bridgehead atoms. The molecule has 6 rings (SSSR count). The number of morpholine rings is 1. The number of anilines is 3. The minimum absolute atomic E-state index is 0.0194. The average molecular weight is 854 g/mol. The van der Waals surface area contributed by atoms with Crippen LogP contribution in [-0.4, -0.2) is 90.5 Å². The van der Waals surface area contributed by atoms with Gasteiger partial charge in [-0.3, -0.25) is 19.4 Å². The van der Waals surface area contributed by atoms with E-state index in [9.17, 15) is 18.0 Å². The summed E-state index contributed by atoms with van der Waals surface area (Å²) in [7, 11) is 0.871. The Morgan fingerprint density at radius 3 is 2.13 bits per heavy atom. The third-order valence-corrected chi connectivity index (χ3v) is 10.9. The summed E-state index contributed by atoms with van der Waals surface area (Å²) in [5.74, 6) is 2.19. The summed E-state index contributed by atoms with van der Waals surface area (Å²) in [5, 5.41) is 7.27. The number of fused-ring (bicyclic) bond motifs is 1. The molecular formula is C46H55N5O9S. The van der Waals surface area contributed by atoms with E-state index in [0.29, 0.717) is 52.8 Å². The number of methoxy groups -OCH3 is 3. The van der Waals surface area contributed by atoms with Gasteiger partial charge in [0.1, 0.15) is 28.6 Å². The van der Waals surface area contributed by atoms with E-state index < -0.39 is 16.1 Å². The van der Waals surface area contributed by atoms with Gasteiger partial charge in [0.2, 0.25) is 10.0 Å². The zero-order valence-electron chi connectivity index (χ0n) is 35.8. The first-order chi connectivity index (χ1) is 29.1. The number of hydrogen-bond donors (Lipinski definition) is 3. The van der Waals surface area contributed by atoms with Gasteiger partial charge in [-0.15, -0.1) is 0 Å². The monoisotopic (exact) mass is 853 g/mol. The number of hydrogen-bond acceptors (Lipinski definition) is 11. The van der Waals surface area contributed by atoms with E-state index in [2.05, 4.69) is 25.2 Å². The number of amides is 2. The summed E-state index contributed by atoms with van der Waals surface area (Å²) in [5.41, 5.74) is 3.47. The van der Waals surface area contributed by atoms with Crippen LogP contribution in [0, 0.1) is 0 Å². The molecule has 1 fully saturated rings. The lowest BCUT2D eigenvalue weighted by atomic mass is 9.86. The molecule has 2 amide bonds. The normalized spacial score (nSPS) is 13.4. The molecule has 1 saturated heterocycles. The molecule has 15 heteroatoms. The number of carbonyl (C=O) groups is 2. The topological polar surface area (TPSA) is 167 Å². The van der Waals surface area contributed by atoms with Crippen LogP contribution in [0.3, 0.4) is 0 Å². The second-order valence-electron chi connectivity index (χ2n) is 15.9. The van der Waals surface area contributed by atoms with Gasteiger partial charge in [-0.2, -0.15) is 0 Å². The first-order valence-electron chi connectivity index (χ1n) is 20.2. The highest BCUT2D eigenvalue weighted by Crippen LogP contribution is 2.40. The third kappa shape index (κ3) is 11.7. The van der Waals surface area contributed by atoms with Crippen molar-refractivity contribution >= 4 is 49.7 Å². The number of nitrogens with one attached hydrogen (secondary N) is 3. The van der Waals surface area contributed by atoms with Crippen molar-refractivity contribution in [1.29, 1.82) is 0 Å². The van der Waals surface area contributed by atoms with Crippen molar-refractivity contribution in [3.63, 3.8) is 0 Å². The van der Waals surface area contributed by atoms with Crippen LogP contribution >= 0.6 is 0 Å². The number of carbonyl (C=O) groups excluding carboxylic acids is 2. The van der Waals surface area contributed by atoms with Gasteiger partial charge in [-0.05, 0) is 78.4 Å². The second kappa shape index (κ2) is 19.7. The van der Waals surface area contributed by atoms with Crippen molar-refractivity contribution in [3.8, 4) is 28.7 Å². The van der Waals surface area contributed by atoms with E-state index in [4.69, 9.17) is 23.7 Å². The summed E-state index contributed by atoms with van der Waals surface area (Å²) in [4.78, 5) is 33.9. The van der Waals surface area contributed by atoms with Crippen molar-refractivity contribution in [1.82, 2.24) is 9.88 Å². The molecular weight excluding hydrogens is 799 g/mol. The zero-order chi connectivity index (χ0) is 43.7. The highest BCUT2D eigenvalue weighted by Gasteiger charge is 2.24. The summed E-state index contributed by atoms with van der Waals surface area (Å²) in [6.45, 7) is 10.3. The lowest BCUT2D eigenvalue weighted by molar-refractivity contribution is 0.0371. The van der Waals surface area contributed by atoms with Gasteiger partial charge in [0, 0.05) is 54.7 Å². The highest BCUT2D eigenvalue weighted by atomic mass is 32.2. The van der Waals surface area contributed by atoms with Crippen molar-refractivity contribution in [3.05, 3.63) is 101 Å². The SMILES string of the molecule is COc1cc(Cc2cc(Oc3ccc(NC(=O)Nc4cc(C(C)(C)C)cc(NS(C)(=O)=O)c4OC)c4ccccc34)ccn2)cc(OC)c1C(=O)CCCCN1CCOCC1. The molecule has 0 spiro atoms. The fourth-order valence-electron chi connectivity index (χ4n) is 7.26. The van der Waals surface area contributed by atoms with Crippen LogP contribution in [0.2, 0.25) is 0 Å². The Morgan fingerprint density at radius 1 is 0.803 bits per heavy atom. The molecule has 0 aliphatic carbocycles. The molecule has 0 unspecified atom stereocenters. The fraction of sp³-hybridized carbons (Fsp3) is 0.370. The molecule has 1 aliphatic rings. The highest BCUT2D eigenvalue weighted by molar-refractivity contribution is 7.92. The van der Waals surface area contributed by atoms with Gasteiger partial charge >= 0.3 is 6.03 Å². The minimum atomic E-state index is -3.65. The lowest BCUT2D eigenvalue weighted by Gasteiger charge is -2.26. The quantitative estimate of drug-likeness (QED) is 0.0605. The van der Waals surface area contributed by atoms with Gasteiger partial charge in [0.25, 0.3) is 0 Å². The van der Waals surface area contributed by atoms with Gasteiger partial charge in [-0.1, -0.05) is 45.0 Å². The predicted octanol–water partition coefficient (Wildman–Crippen LogP) is 8.64. The molecule has 0 atom stereocenters.